The number of nitrogens with one attached hydrogen (secondary N) is 2. The predicted octanol–water partition coefficient (Wildman–Crippen LogP) is 1.62. The number of nitrogens with zero attached hydrogens (tertiary/aromatic N) is 4. The van der Waals surface area contributed by atoms with E-state index in [0.717, 1.165) is 44.3 Å². The van der Waals surface area contributed by atoms with E-state index in [1.807, 2.05) is 4.90 Å². The van der Waals surface area contributed by atoms with E-state index in [0.29, 0.717) is 35.1 Å². The number of rotatable bonds is 9. The van der Waals surface area contributed by atoms with E-state index < -0.39 is 16.1 Å². The molecule has 11 nitrogen and oxygen atoms in total. The number of hydrogen-bond donors (Lipinski definition) is 2. The fourth-order valence-electron chi connectivity index (χ4n) is 5.56. The van der Waals surface area contributed by atoms with Crippen molar-refractivity contribution < 1.29 is 22.8 Å². The number of halogens is 1. The number of likely N-dealkylation sites (N-methyl/N-ethyl adjacent to an activating group) is 1. The van der Waals surface area contributed by atoms with Crippen LogP contribution in [0.15, 0.2) is 17.5 Å². The first kappa shape index (κ1) is 29.8. The zero-order valence-corrected chi connectivity index (χ0v) is 24.7. The van der Waals surface area contributed by atoms with Crippen LogP contribution < -0.4 is 10.0 Å². The van der Waals surface area contributed by atoms with Crippen molar-refractivity contribution >= 4 is 56.9 Å². The second kappa shape index (κ2) is 13.0. The maximum Gasteiger partial charge on any atom is 0.317 e. The van der Waals surface area contributed by atoms with E-state index in [-0.39, 0.29) is 36.5 Å². The first-order valence-corrected chi connectivity index (χ1v) is 16.0. The Bertz CT molecular complexity index is 1190. The first-order valence-electron chi connectivity index (χ1n) is 13.3. The smallest absolute Gasteiger partial charge is 0.317 e. The molecular formula is C25H37ClN6O5S2. The second-order valence-corrected chi connectivity index (χ2v) is 13.7. The van der Waals surface area contributed by atoms with Crippen LogP contribution >= 0.6 is 22.9 Å². The molecule has 0 aliphatic carbocycles. The molecule has 3 saturated heterocycles. The van der Waals surface area contributed by atoms with E-state index in [1.165, 1.54) is 22.3 Å². The predicted molar refractivity (Wildman–Crippen MR) is 152 cm³/mol. The van der Waals surface area contributed by atoms with Crippen LogP contribution in [0.25, 0.3) is 6.08 Å². The molecule has 4 rings (SSSR count). The van der Waals surface area contributed by atoms with E-state index >= 15 is 0 Å². The monoisotopic (exact) mass is 600 g/mol. The Morgan fingerprint density at radius 3 is 2.67 bits per heavy atom. The van der Waals surface area contributed by atoms with E-state index in [2.05, 4.69) is 14.9 Å². The summed E-state index contributed by atoms with van der Waals surface area (Å²) in [6.07, 6.45) is 5.13. The van der Waals surface area contributed by atoms with Gasteiger partial charge in [0.25, 0.3) is 0 Å². The maximum atomic E-state index is 13.3. The zero-order valence-electron chi connectivity index (χ0n) is 22.3. The first-order chi connectivity index (χ1) is 18.6. The fraction of sp³-hybridized carbons (Fsp3) is 0.640. The summed E-state index contributed by atoms with van der Waals surface area (Å²) in [5, 5.41) is 3.70. The molecule has 3 aliphatic heterocycles. The Morgan fingerprint density at radius 1 is 1.18 bits per heavy atom. The Balaban J connectivity index is 1.30. The molecule has 0 spiro atoms. The molecule has 3 atom stereocenters. The average Bonchev–Trinajstić information content (AvgIpc) is 3.66. The summed E-state index contributed by atoms with van der Waals surface area (Å²) in [7, 11) is -0.429. The summed E-state index contributed by atoms with van der Waals surface area (Å²) in [6.45, 7) is 3.38. The third kappa shape index (κ3) is 7.72. The highest BCUT2D eigenvalue weighted by molar-refractivity contribution is 7.92. The van der Waals surface area contributed by atoms with Gasteiger partial charge < -0.3 is 20.0 Å². The zero-order chi connectivity index (χ0) is 28.2. The lowest BCUT2D eigenvalue weighted by atomic mass is 10.1. The van der Waals surface area contributed by atoms with Crippen molar-refractivity contribution in [2.45, 2.75) is 50.2 Å². The van der Waals surface area contributed by atoms with Crippen molar-refractivity contribution in [1.29, 1.82) is 0 Å². The molecule has 14 heteroatoms. The molecule has 1 unspecified atom stereocenters. The van der Waals surface area contributed by atoms with Gasteiger partial charge in [0.2, 0.25) is 21.8 Å². The SMILES string of the molecule is CNC(=O)N(C)C1CCN(C[C@@H]2CCCN2C(=O)CN2CCC[C@H](NS(=O)(=O)/C=C/c3ccc(Cl)s3)C2=O)C1. The lowest BCUT2D eigenvalue weighted by Gasteiger charge is -2.34. The van der Waals surface area contributed by atoms with Gasteiger partial charge in [-0.3, -0.25) is 14.5 Å². The number of likely N-dealkylation sites (tertiary alicyclic amines) is 3. The molecular weight excluding hydrogens is 564 g/mol. The molecule has 3 aliphatic rings. The molecule has 2 N–H and O–H groups in total. The Labute approximate surface area is 239 Å². The number of piperidine rings is 1. The van der Waals surface area contributed by atoms with Crippen LogP contribution in [0.4, 0.5) is 4.79 Å². The number of sulfonamides is 1. The molecule has 4 heterocycles. The number of amides is 4. The van der Waals surface area contributed by atoms with Crippen molar-refractivity contribution in [3.05, 3.63) is 26.8 Å². The van der Waals surface area contributed by atoms with Gasteiger partial charge in [-0.2, -0.15) is 4.72 Å². The van der Waals surface area contributed by atoms with Gasteiger partial charge in [0.15, 0.2) is 0 Å². The van der Waals surface area contributed by atoms with Crippen LogP contribution in [0.3, 0.4) is 0 Å². The molecule has 216 valence electrons. The Kier molecular flexibility index (Phi) is 9.92. The normalized spacial score (nSPS) is 24.6. The number of hydrogen-bond acceptors (Lipinski definition) is 7. The van der Waals surface area contributed by atoms with Gasteiger partial charge in [-0.15, -0.1) is 11.3 Å². The van der Waals surface area contributed by atoms with Crippen LogP contribution in [0.5, 0.6) is 0 Å². The number of urea groups is 1. The summed E-state index contributed by atoms with van der Waals surface area (Å²) < 4.78 is 28.2. The van der Waals surface area contributed by atoms with Crippen LogP contribution in [0.2, 0.25) is 4.34 Å². The third-order valence-electron chi connectivity index (χ3n) is 7.66. The highest BCUT2D eigenvalue weighted by atomic mass is 35.5. The molecule has 1 aromatic heterocycles. The number of carbonyl (C=O) groups excluding carboxylic acids is 3. The standard InChI is InChI=1S/C25H37ClN6O5S2/c1-27-25(35)29(2)18-9-13-30(15-18)16-19-5-3-12-32(19)23(33)17-31-11-4-6-21(24(31)34)28-39(36,37)14-10-20-7-8-22(26)38-20/h7-8,10,14,18-19,21,28H,3-6,9,11-13,15-17H2,1-2H3,(H,27,35)/b14-10+/t18?,19-,21-/m0/s1. The molecule has 1 aromatic rings. The minimum absolute atomic E-state index is 0.0564. The lowest BCUT2D eigenvalue weighted by molar-refractivity contribution is -0.143. The minimum Gasteiger partial charge on any atom is -0.341 e. The summed E-state index contributed by atoms with van der Waals surface area (Å²) in [6, 6.07) is 2.60. The Hall–Kier alpha value is -2.19. The van der Waals surface area contributed by atoms with Gasteiger partial charge >= 0.3 is 6.03 Å². The molecule has 39 heavy (non-hydrogen) atoms. The lowest BCUT2D eigenvalue weighted by Crippen LogP contribution is -2.55. The summed E-state index contributed by atoms with van der Waals surface area (Å²) >= 11 is 7.15. The largest absolute Gasteiger partial charge is 0.341 e. The van der Waals surface area contributed by atoms with Crippen molar-refractivity contribution in [3.63, 3.8) is 0 Å². The molecule has 0 bridgehead atoms. The van der Waals surface area contributed by atoms with Gasteiger partial charge in [-0.1, -0.05) is 11.6 Å². The highest BCUT2D eigenvalue weighted by Gasteiger charge is 2.37. The molecule has 0 aromatic carbocycles. The van der Waals surface area contributed by atoms with Gasteiger partial charge in [-0.25, -0.2) is 13.2 Å². The van der Waals surface area contributed by atoms with Crippen LogP contribution in [-0.4, -0.2) is 117 Å². The Morgan fingerprint density at radius 2 is 1.95 bits per heavy atom. The minimum atomic E-state index is -3.85. The fourth-order valence-corrected chi connectivity index (χ4v) is 7.63. The average molecular weight is 601 g/mol. The highest BCUT2D eigenvalue weighted by Crippen LogP contribution is 2.24. The topological polar surface area (TPSA) is 122 Å². The van der Waals surface area contributed by atoms with Crippen molar-refractivity contribution in [1.82, 2.24) is 29.6 Å². The maximum absolute atomic E-state index is 13.3. The summed E-state index contributed by atoms with van der Waals surface area (Å²) in [5.41, 5.74) is 0. The van der Waals surface area contributed by atoms with Crippen molar-refractivity contribution in [2.24, 2.45) is 0 Å². The molecule has 0 saturated carbocycles. The van der Waals surface area contributed by atoms with E-state index in [9.17, 15) is 22.8 Å². The molecule has 4 amide bonds. The van der Waals surface area contributed by atoms with Crippen LogP contribution in [-0.2, 0) is 19.6 Å². The van der Waals surface area contributed by atoms with Gasteiger partial charge in [0.05, 0.1) is 10.9 Å². The summed E-state index contributed by atoms with van der Waals surface area (Å²) in [5.74, 6) is -0.483. The van der Waals surface area contributed by atoms with Crippen molar-refractivity contribution in [3.8, 4) is 0 Å². The van der Waals surface area contributed by atoms with E-state index in [1.54, 1.807) is 31.1 Å². The van der Waals surface area contributed by atoms with Gasteiger partial charge in [-0.05, 0) is 50.3 Å². The summed E-state index contributed by atoms with van der Waals surface area (Å²) in [4.78, 5) is 46.4. The number of carbonyl (C=O) groups is 3. The third-order valence-corrected chi connectivity index (χ3v) is 9.97. The molecule has 0 radical (unpaired) electrons. The van der Waals surface area contributed by atoms with Gasteiger partial charge in [0.1, 0.15) is 6.04 Å². The van der Waals surface area contributed by atoms with Crippen molar-refractivity contribution in [2.75, 3.05) is 53.4 Å². The van der Waals surface area contributed by atoms with Crippen LogP contribution in [0.1, 0.15) is 37.0 Å². The second-order valence-electron chi connectivity index (χ2n) is 10.3. The quantitative estimate of drug-likeness (QED) is 0.444. The van der Waals surface area contributed by atoms with Gasteiger partial charge in [0, 0.05) is 69.2 Å². The van der Waals surface area contributed by atoms with E-state index in [4.69, 9.17) is 11.6 Å². The van der Waals surface area contributed by atoms with Crippen LogP contribution in [0, 0.1) is 0 Å². The number of thiophene rings is 1. The molecule has 3 fully saturated rings.